The second-order valence-corrected chi connectivity index (χ2v) is 9.17. The molecule has 1 fully saturated rings. The van der Waals surface area contributed by atoms with Gasteiger partial charge in [-0.05, 0) is 42.5 Å². The molecule has 0 radical (unpaired) electrons. The highest BCUT2D eigenvalue weighted by Gasteiger charge is 2.21. The first-order chi connectivity index (χ1) is 13.8. The van der Waals surface area contributed by atoms with E-state index in [1.165, 1.54) is 37.4 Å². The third-order valence-corrected chi connectivity index (χ3v) is 6.76. The number of ether oxygens (including phenoxy) is 1. The summed E-state index contributed by atoms with van der Waals surface area (Å²) in [5.41, 5.74) is 0.986. The zero-order valence-electron chi connectivity index (χ0n) is 15.6. The van der Waals surface area contributed by atoms with Crippen LogP contribution < -0.4 is 9.62 Å². The number of carboxylic acid groups (broad SMARTS) is 1. The molecule has 0 spiro atoms. The summed E-state index contributed by atoms with van der Waals surface area (Å²) in [5.74, 6) is 0.130. The van der Waals surface area contributed by atoms with Gasteiger partial charge in [0.25, 0.3) is 10.0 Å². The van der Waals surface area contributed by atoms with Gasteiger partial charge in [0.2, 0.25) is 0 Å². The number of esters is 1. The number of hydrogen-bond acceptors (Lipinski definition) is 7. The Hall–Kier alpha value is -2.72. The smallest absolute Gasteiger partial charge is 0.337 e. The summed E-state index contributed by atoms with van der Waals surface area (Å²) in [4.78, 5) is 25.1. The van der Waals surface area contributed by atoms with Crippen LogP contribution in [0, 0.1) is 0 Å². The van der Waals surface area contributed by atoms with Crippen molar-refractivity contribution in [1.82, 2.24) is 0 Å². The molecule has 0 bridgehead atoms. The molecule has 1 aliphatic heterocycles. The van der Waals surface area contributed by atoms with Crippen molar-refractivity contribution in [1.29, 1.82) is 0 Å². The number of methoxy groups -OCH3 is 1. The van der Waals surface area contributed by atoms with E-state index in [0.717, 1.165) is 24.6 Å². The number of hydrogen-bond donors (Lipinski definition) is 2. The molecule has 2 N–H and O–H groups in total. The lowest BCUT2D eigenvalue weighted by Gasteiger charge is -2.29. The SMILES string of the molecule is COC(=O)c1ccc(S(=O)(=O)Nc2ccc(N3CCSCC3)c(C(=O)O)c2)cc1. The van der Waals surface area contributed by atoms with Crippen molar-refractivity contribution in [2.45, 2.75) is 4.90 Å². The minimum Gasteiger partial charge on any atom is -0.478 e. The van der Waals surface area contributed by atoms with Crippen LogP contribution in [0.5, 0.6) is 0 Å². The number of anilines is 2. The Morgan fingerprint density at radius 1 is 1.10 bits per heavy atom. The van der Waals surface area contributed by atoms with E-state index in [-0.39, 0.29) is 21.7 Å². The van der Waals surface area contributed by atoms with Crippen molar-refractivity contribution in [3.05, 3.63) is 53.6 Å². The van der Waals surface area contributed by atoms with Crippen LogP contribution in [0.25, 0.3) is 0 Å². The first-order valence-corrected chi connectivity index (χ1v) is 11.4. The highest BCUT2D eigenvalue weighted by Crippen LogP contribution is 2.28. The Balaban J connectivity index is 1.85. The molecule has 1 saturated heterocycles. The van der Waals surface area contributed by atoms with Crippen molar-refractivity contribution in [2.24, 2.45) is 0 Å². The minimum absolute atomic E-state index is 0.0399. The van der Waals surface area contributed by atoms with Crippen LogP contribution in [0.15, 0.2) is 47.4 Å². The van der Waals surface area contributed by atoms with Crippen molar-refractivity contribution in [3.8, 4) is 0 Å². The molecule has 2 aromatic rings. The van der Waals surface area contributed by atoms with E-state index in [1.54, 1.807) is 12.1 Å². The molecule has 1 aliphatic rings. The van der Waals surface area contributed by atoms with Crippen LogP contribution in [0.4, 0.5) is 11.4 Å². The molecular weight excluding hydrogens is 416 g/mol. The fourth-order valence-corrected chi connectivity index (χ4v) is 4.91. The van der Waals surface area contributed by atoms with Crippen LogP contribution in [-0.2, 0) is 14.8 Å². The lowest BCUT2D eigenvalue weighted by atomic mass is 10.1. The van der Waals surface area contributed by atoms with Crippen molar-refractivity contribution in [2.75, 3.05) is 41.3 Å². The third-order valence-electron chi connectivity index (χ3n) is 4.42. The molecule has 0 aromatic heterocycles. The number of nitrogens with one attached hydrogen (secondary N) is 1. The predicted octanol–water partition coefficient (Wildman–Crippen LogP) is 2.53. The number of carboxylic acids is 1. The molecule has 1 heterocycles. The zero-order valence-corrected chi connectivity index (χ0v) is 17.3. The van der Waals surface area contributed by atoms with E-state index in [9.17, 15) is 23.1 Å². The first-order valence-electron chi connectivity index (χ1n) is 8.73. The number of thioether (sulfide) groups is 1. The van der Waals surface area contributed by atoms with Gasteiger partial charge >= 0.3 is 11.9 Å². The van der Waals surface area contributed by atoms with Crippen LogP contribution in [0.1, 0.15) is 20.7 Å². The van der Waals surface area contributed by atoms with Gasteiger partial charge in [-0.25, -0.2) is 18.0 Å². The highest BCUT2D eigenvalue weighted by molar-refractivity contribution is 7.99. The Kier molecular flexibility index (Phi) is 6.33. The maximum Gasteiger partial charge on any atom is 0.337 e. The van der Waals surface area contributed by atoms with E-state index in [4.69, 9.17) is 0 Å². The van der Waals surface area contributed by atoms with E-state index in [1.807, 2.05) is 16.7 Å². The fourth-order valence-electron chi connectivity index (χ4n) is 2.95. The van der Waals surface area contributed by atoms with Gasteiger partial charge in [-0.2, -0.15) is 11.8 Å². The second kappa shape index (κ2) is 8.75. The number of benzene rings is 2. The van der Waals surface area contributed by atoms with E-state index in [0.29, 0.717) is 5.69 Å². The monoisotopic (exact) mass is 436 g/mol. The van der Waals surface area contributed by atoms with Gasteiger partial charge in [-0.1, -0.05) is 0 Å². The average Bonchev–Trinajstić information content (AvgIpc) is 2.73. The number of carbonyl (C=O) groups is 2. The summed E-state index contributed by atoms with van der Waals surface area (Å²) < 4.78 is 32.2. The van der Waals surface area contributed by atoms with E-state index >= 15 is 0 Å². The fraction of sp³-hybridized carbons (Fsp3) is 0.263. The molecule has 2 aromatic carbocycles. The molecule has 3 rings (SSSR count). The van der Waals surface area contributed by atoms with Gasteiger partial charge in [-0.3, -0.25) is 4.72 Å². The minimum atomic E-state index is -3.95. The maximum atomic E-state index is 12.6. The van der Waals surface area contributed by atoms with Gasteiger partial charge < -0.3 is 14.7 Å². The first kappa shape index (κ1) is 21.0. The Bertz CT molecular complexity index is 1020. The summed E-state index contributed by atoms with van der Waals surface area (Å²) >= 11 is 1.81. The van der Waals surface area contributed by atoms with Crippen LogP contribution >= 0.6 is 11.8 Å². The van der Waals surface area contributed by atoms with Crippen molar-refractivity contribution in [3.63, 3.8) is 0 Å². The quantitative estimate of drug-likeness (QED) is 0.664. The number of nitrogens with zero attached hydrogens (tertiary/aromatic N) is 1. The van der Waals surface area contributed by atoms with Crippen LogP contribution in [0.2, 0.25) is 0 Å². The van der Waals surface area contributed by atoms with Gasteiger partial charge in [-0.15, -0.1) is 0 Å². The summed E-state index contributed by atoms with van der Waals surface area (Å²) in [6.45, 7) is 1.48. The van der Waals surface area contributed by atoms with Gasteiger partial charge in [0.05, 0.1) is 28.8 Å². The third kappa shape index (κ3) is 4.83. The number of rotatable bonds is 6. The maximum absolute atomic E-state index is 12.6. The van der Waals surface area contributed by atoms with Gasteiger partial charge in [0, 0.05) is 30.3 Å². The molecule has 0 unspecified atom stereocenters. The average molecular weight is 437 g/mol. The van der Waals surface area contributed by atoms with Gasteiger partial charge in [0.1, 0.15) is 0 Å². The standard InChI is InChI=1S/C19H20N2O6S2/c1-27-19(24)13-2-5-15(6-3-13)29(25,26)20-14-4-7-17(16(12-14)18(22)23)21-8-10-28-11-9-21/h2-7,12,20H,8-11H2,1H3,(H,22,23). The van der Waals surface area contributed by atoms with Crippen LogP contribution in [-0.4, -0.2) is 57.2 Å². The predicted molar refractivity (Wildman–Crippen MR) is 112 cm³/mol. The van der Waals surface area contributed by atoms with Crippen molar-refractivity contribution < 1.29 is 27.9 Å². The summed E-state index contributed by atoms with van der Waals surface area (Å²) in [6.07, 6.45) is 0. The van der Waals surface area contributed by atoms with Crippen molar-refractivity contribution >= 4 is 45.1 Å². The van der Waals surface area contributed by atoms with Crippen LogP contribution in [0.3, 0.4) is 0 Å². The lowest BCUT2D eigenvalue weighted by molar-refractivity contribution is 0.0599. The molecule has 0 saturated carbocycles. The highest BCUT2D eigenvalue weighted by atomic mass is 32.2. The van der Waals surface area contributed by atoms with E-state index in [2.05, 4.69) is 9.46 Å². The molecule has 0 amide bonds. The Morgan fingerprint density at radius 3 is 2.34 bits per heavy atom. The van der Waals surface area contributed by atoms with Gasteiger partial charge in [0.15, 0.2) is 0 Å². The number of carbonyl (C=O) groups excluding carboxylic acids is 1. The molecular formula is C19H20N2O6S2. The molecule has 0 aliphatic carbocycles. The molecule has 8 nitrogen and oxygen atoms in total. The summed E-state index contributed by atoms with van der Waals surface area (Å²) in [5, 5.41) is 9.59. The summed E-state index contributed by atoms with van der Waals surface area (Å²) in [7, 11) is -2.72. The number of sulfonamides is 1. The second-order valence-electron chi connectivity index (χ2n) is 6.26. The number of aromatic carboxylic acids is 1. The zero-order chi connectivity index (χ0) is 21.0. The molecule has 154 valence electrons. The molecule has 10 heteroatoms. The topological polar surface area (TPSA) is 113 Å². The molecule has 29 heavy (non-hydrogen) atoms. The normalized spacial score (nSPS) is 14.3. The molecule has 0 atom stereocenters. The summed E-state index contributed by atoms with van der Waals surface area (Å²) in [6, 6.07) is 9.75. The Morgan fingerprint density at radius 2 is 1.76 bits per heavy atom. The lowest BCUT2D eigenvalue weighted by Crippen LogP contribution is -2.33. The Labute approximate surface area is 172 Å². The van der Waals surface area contributed by atoms with E-state index < -0.39 is 22.0 Å². The largest absolute Gasteiger partial charge is 0.478 e.